The summed E-state index contributed by atoms with van der Waals surface area (Å²) in [5.74, 6) is 0. The van der Waals surface area contributed by atoms with Crippen molar-refractivity contribution in [1.29, 1.82) is 0 Å². The molecule has 0 aliphatic rings. The minimum atomic E-state index is 0.615. The second-order valence-corrected chi connectivity index (χ2v) is 4.44. The Bertz CT molecular complexity index is 394. The molecule has 0 aliphatic carbocycles. The Labute approximate surface area is 80.0 Å². The molecule has 0 saturated heterocycles. The summed E-state index contributed by atoms with van der Waals surface area (Å²) >= 11 is 7.57. The van der Waals surface area contributed by atoms with E-state index in [2.05, 4.69) is 24.0 Å². The van der Waals surface area contributed by atoms with Crippen LogP contribution in [0.2, 0.25) is 5.15 Å². The lowest BCUT2D eigenvalue weighted by Crippen LogP contribution is -1.78. The number of pyridine rings is 1. The standard InChI is InChI=1S/C9H8ClNS/c1-5-3-7-4-6(2)12-9(7)11-8(5)10/h3-4H,1-2H3. The third-order valence-electron chi connectivity index (χ3n) is 1.76. The van der Waals surface area contributed by atoms with Gasteiger partial charge in [0.05, 0.1) is 0 Å². The number of halogens is 1. The predicted molar refractivity (Wildman–Crippen MR) is 54.1 cm³/mol. The van der Waals surface area contributed by atoms with Gasteiger partial charge < -0.3 is 0 Å². The lowest BCUT2D eigenvalue weighted by Gasteiger charge is -1.94. The second-order valence-electron chi connectivity index (χ2n) is 2.85. The van der Waals surface area contributed by atoms with Gasteiger partial charge in [-0.15, -0.1) is 11.3 Å². The lowest BCUT2D eigenvalue weighted by atomic mass is 10.2. The van der Waals surface area contributed by atoms with Crippen LogP contribution >= 0.6 is 22.9 Å². The van der Waals surface area contributed by atoms with Gasteiger partial charge in [-0.3, -0.25) is 0 Å². The van der Waals surface area contributed by atoms with Crippen molar-refractivity contribution >= 4 is 33.2 Å². The molecular weight excluding hydrogens is 190 g/mol. The summed E-state index contributed by atoms with van der Waals surface area (Å²) in [4.78, 5) is 6.59. The van der Waals surface area contributed by atoms with E-state index < -0.39 is 0 Å². The summed E-state index contributed by atoms with van der Waals surface area (Å²) in [6, 6.07) is 4.21. The lowest BCUT2D eigenvalue weighted by molar-refractivity contribution is 1.35. The van der Waals surface area contributed by atoms with E-state index in [0.29, 0.717) is 5.15 Å². The SMILES string of the molecule is Cc1cc2cc(C)c(Cl)nc2s1. The Hall–Kier alpha value is -0.600. The molecule has 0 unspecified atom stereocenters. The Morgan fingerprint density at radius 1 is 1.33 bits per heavy atom. The fourth-order valence-electron chi connectivity index (χ4n) is 1.18. The minimum absolute atomic E-state index is 0.615. The summed E-state index contributed by atoms with van der Waals surface area (Å²) in [7, 11) is 0. The smallest absolute Gasteiger partial charge is 0.133 e. The van der Waals surface area contributed by atoms with E-state index >= 15 is 0 Å². The van der Waals surface area contributed by atoms with Gasteiger partial charge >= 0.3 is 0 Å². The molecule has 12 heavy (non-hydrogen) atoms. The molecule has 1 nitrogen and oxygen atoms in total. The molecule has 2 aromatic rings. The highest BCUT2D eigenvalue weighted by Crippen LogP contribution is 2.26. The largest absolute Gasteiger partial charge is 0.225 e. The molecule has 0 aromatic carbocycles. The predicted octanol–water partition coefficient (Wildman–Crippen LogP) is 3.57. The molecule has 2 heterocycles. The summed E-state index contributed by atoms with van der Waals surface area (Å²) in [5.41, 5.74) is 1.04. The van der Waals surface area contributed by atoms with Crippen molar-refractivity contribution < 1.29 is 0 Å². The number of thiophene rings is 1. The van der Waals surface area contributed by atoms with Crippen LogP contribution in [-0.2, 0) is 0 Å². The number of nitrogens with zero attached hydrogens (tertiary/aromatic N) is 1. The van der Waals surface area contributed by atoms with Crippen molar-refractivity contribution in [2.24, 2.45) is 0 Å². The zero-order valence-electron chi connectivity index (χ0n) is 6.89. The number of aromatic nitrogens is 1. The van der Waals surface area contributed by atoms with Gasteiger partial charge in [0.15, 0.2) is 0 Å². The molecule has 0 atom stereocenters. The third kappa shape index (κ3) is 1.21. The number of fused-ring (bicyclic) bond motifs is 1. The van der Waals surface area contributed by atoms with Gasteiger partial charge in [0.1, 0.15) is 9.98 Å². The van der Waals surface area contributed by atoms with Crippen LogP contribution in [0.3, 0.4) is 0 Å². The quantitative estimate of drug-likeness (QED) is 0.589. The fraction of sp³-hybridized carbons (Fsp3) is 0.222. The van der Waals surface area contributed by atoms with E-state index in [9.17, 15) is 0 Å². The van der Waals surface area contributed by atoms with E-state index in [1.54, 1.807) is 11.3 Å². The van der Waals surface area contributed by atoms with E-state index in [1.807, 2.05) is 6.92 Å². The summed E-state index contributed by atoms with van der Waals surface area (Å²) in [6.07, 6.45) is 0. The van der Waals surface area contributed by atoms with Gasteiger partial charge in [-0.1, -0.05) is 11.6 Å². The molecule has 0 fully saturated rings. The number of rotatable bonds is 0. The van der Waals surface area contributed by atoms with Crippen molar-refractivity contribution in [2.45, 2.75) is 13.8 Å². The Kier molecular flexibility index (Phi) is 1.81. The van der Waals surface area contributed by atoms with Gasteiger partial charge in [0, 0.05) is 10.3 Å². The van der Waals surface area contributed by atoms with Crippen LogP contribution in [0.1, 0.15) is 10.4 Å². The van der Waals surface area contributed by atoms with E-state index in [4.69, 9.17) is 11.6 Å². The molecule has 2 rings (SSSR count). The molecule has 0 N–H and O–H groups in total. The maximum atomic E-state index is 5.89. The molecule has 0 spiro atoms. The van der Waals surface area contributed by atoms with Crippen LogP contribution < -0.4 is 0 Å². The van der Waals surface area contributed by atoms with Crippen LogP contribution in [0.25, 0.3) is 10.2 Å². The Morgan fingerprint density at radius 3 is 2.83 bits per heavy atom. The molecule has 0 saturated carbocycles. The molecule has 62 valence electrons. The normalized spacial score (nSPS) is 10.9. The third-order valence-corrected chi connectivity index (χ3v) is 3.10. The highest BCUT2D eigenvalue weighted by molar-refractivity contribution is 7.18. The van der Waals surface area contributed by atoms with Crippen molar-refractivity contribution in [3.05, 3.63) is 27.7 Å². The maximum Gasteiger partial charge on any atom is 0.133 e. The van der Waals surface area contributed by atoms with Crippen LogP contribution in [0.15, 0.2) is 12.1 Å². The van der Waals surface area contributed by atoms with Gasteiger partial charge in [-0.2, -0.15) is 0 Å². The van der Waals surface area contributed by atoms with E-state index in [0.717, 1.165) is 10.4 Å². The molecule has 3 heteroatoms. The van der Waals surface area contributed by atoms with Gasteiger partial charge in [-0.05, 0) is 31.5 Å². The topological polar surface area (TPSA) is 12.9 Å². The van der Waals surface area contributed by atoms with Crippen molar-refractivity contribution in [2.75, 3.05) is 0 Å². The number of hydrogen-bond donors (Lipinski definition) is 0. The molecule has 0 amide bonds. The molecule has 0 bridgehead atoms. The Balaban J connectivity index is 2.83. The fourth-order valence-corrected chi connectivity index (χ4v) is 2.24. The number of aryl methyl sites for hydroxylation is 2. The minimum Gasteiger partial charge on any atom is -0.225 e. The van der Waals surface area contributed by atoms with Crippen LogP contribution in [0, 0.1) is 13.8 Å². The first-order valence-electron chi connectivity index (χ1n) is 3.70. The van der Waals surface area contributed by atoms with Crippen molar-refractivity contribution in [3.63, 3.8) is 0 Å². The van der Waals surface area contributed by atoms with Crippen LogP contribution in [-0.4, -0.2) is 4.98 Å². The van der Waals surface area contributed by atoms with E-state index in [1.165, 1.54) is 10.3 Å². The Morgan fingerprint density at radius 2 is 2.08 bits per heavy atom. The first-order valence-corrected chi connectivity index (χ1v) is 4.89. The van der Waals surface area contributed by atoms with Crippen LogP contribution in [0.5, 0.6) is 0 Å². The summed E-state index contributed by atoms with van der Waals surface area (Å²) < 4.78 is 0. The van der Waals surface area contributed by atoms with Crippen molar-refractivity contribution in [3.8, 4) is 0 Å². The van der Waals surface area contributed by atoms with Crippen LogP contribution in [0.4, 0.5) is 0 Å². The first kappa shape index (κ1) is 8.02. The van der Waals surface area contributed by atoms with Crippen molar-refractivity contribution in [1.82, 2.24) is 4.98 Å². The zero-order chi connectivity index (χ0) is 8.72. The highest BCUT2D eigenvalue weighted by Gasteiger charge is 2.03. The molecule has 2 aromatic heterocycles. The highest BCUT2D eigenvalue weighted by atomic mass is 35.5. The molecule has 0 aliphatic heterocycles. The molecular formula is C9H8ClNS. The van der Waals surface area contributed by atoms with Gasteiger partial charge in [0.25, 0.3) is 0 Å². The monoisotopic (exact) mass is 197 g/mol. The maximum absolute atomic E-state index is 5.89. The average molecular weight is 198 g/mol. The van der Waals surface area contributed by atoms with Gasteiger partial charge in [-0.25, -0.2) is 4.98 Å². The zero-order valence-corrected chi connectivity index (χ0v) is 8.46. The van der Waals surface area contributed by atoms with E-state index in [-0.39, 0.29) is 0 Å². The van der Waals surface area contributed by atoms with Gasteiger partial charge in [0.2, 0.25) is 0 Å². The molecule has 0 radical (unpaired) electrons. The second kappa shape index (κ2) is 2.71. The first-order chi connectivity index (χ1) is 5.66. The number of hydrogen-bond acceptors (Lipinski definition) is 2. The summed E-state index contributed by atoms with van der Waals surface area (Å²) in [6.45, 7) is 4.05. The average Bonchev–Trinajstić information content (AvgIpc) is 2.30. The summed E-state index contributed by atoms with van der Waals surface area (Å²) in [5, 5.41) is 1.81.